The number of aliphatic hydroxyl groups excluding tert-OH is 1. The minimum Gasteiger partial charge on any atom is -0.481 e. The van der Waals surface area contributed by atoms with Crippen molar-refractivity contribution in [2.24, 2.45) is 5.92 Å². The van der Waals surface area contributed by atoms with E-state index < -0.39 is 23.9 Å². The lowest BCUT2D eigenvalue weighted by Gasteiger charge is -2.32. The van der Waals surface area contributed by atoms with E-state index in [9.17, 15) is 23.9 Å². The van der Waals surface area contributed by atoms with Crippen molar-refractivity contribution in [3.05, 3.63) is 126 Å². The van der Waals surface area contributed by atoms with E-state index in [0.717, 1.165) is 5.56 Å². The van der Waals surface area contributed by atoms with Crippen molar-refractivity contribution >= 4 is 34.7 Å². The van der Waals surface area contributed by atoms with E-state index in [1.807, 2.05) is 68.2 Å². The number of anilines is 1. The normalized spacial score (nSPS) is 13.1. The van der Waals surface area contributed by atoms with Gasteiger partial charge in [0.15, 0.2) is 0 Å². The smallest absolute Gasteiger partial charge is 0.337 e. The first-order chi connectivity index (χ1) is 21.9. The zero-order valence-electron chi connectivity index (χ0n) is 26.6. The van der Waals surface area contributed by atoms with Gasteiger partial charge in [-0.3, -0.25) is 9.59 Å². The summed E-state index contributed by atoms with van der Waals surface area (Å²) in [7, 11) is 1.30. The van der Waals surface area contributed by atoms with Gasteiger partial charge in [-0.05, 0) is 85.4 Å². The second-order valence-corrected chi connectivity index (χ2v) is 11.3. The average molecular weight is 629 g/mol. The fourth-order valence-corrected chi connectivity index (χ4v) is 4.96. The number of hydrogen-bond donors (Lipinski definition) is 3. The molecular formula is C37H41FN2O6. The molecule has 2 atom stereocenters. The Labute approximate surface area is 269 Å². The van der Waals surface area contributed by atoms with Crippen LogP contribution < -0.4 is 5.32 Å². The molecule has 242 valence electrons. The molecular weight excluding hydrogens is 587 g/mol. The molecule has 3 rings (SSSR count). The van der Waals surface area contributed by atoms with E-state index in [-0.39, 0.29) is 37.3 Å². The highest BCUT2D eigenvalue weighted by atomic mass is 19.1. The van der Waals surface area contributed by atoms with Crippen LogP contribution in [0.15, 0.2) is 103 Å². The number of amides is 1. The summed E-state index contributed by atoms with van der Waals surface area (Å²) in [6.07, 6.45) is 2.53. The van der Waals surface area contributed by atoms with Gasteiger partial charge in [0, 0.05) is 23.0 Å². The van der Waals surface area contributed by atoms with Crippen molar-refractivity contribution in [3.63, 3.8) is 0 Å². The van der Waals surface area contributed by atoms with E-state index in [1.165, 1.54) is 19.2 Å². The number of rotatable bonds is 15. The van der Waals surface area contributed by atoms with Crippen molar-refractivity contribution < 1.29 is 33.7 Å². The lowest BCUT2D eigenvalue weighted by atomic mass is 9.90. The molecule has 0 bridgehead atoms. The van der Waals surface area contributed by atoms with Crippen LogP contribution >= 0.6 is 0 Å². The predicted molar refractivity (Wildman–Crippen MR) is 178 cm³/mol. The number of esters is 1. The highest BCUT2D eigenvalue weighted by Gasteiger charge is 2.23. The standard InChI is InChI=1S/C37H41FN2O6/c1-24(2)40(23-34(42)39-31-18-14-29(15-19-31)37(45)46-5)33(20-11-25(3)21-32(41)22-35(43)44)36(28-12-16-30(38)17-13-28)26(4)27-9-7-6-8-10-27/h6-20,24-25,32,41H,4,21-23H2,1-3,5H3,(H,39,42)(H,43,44)/b20-11+,36-33+. The number of ether oxygens (including phenoxy) is 1. The van der Waals surface area contributed by atoms with Gasteiger partial charge in [0.2, 0.25) is 5.91 Å². The van der Waals surface area contributed by atoms with Crippen molar-refractivity contribution in [3.8, 4) is 0 Å². The van der Waals surface area contributed by atoms with Gasteiger partial charge in [0.1, 0.15) is 5.82 Å². The number of aliphatic hydroxyl groups is 1. The number of methoxy groups -OCH3 is 1. The zero-order valence-corrected chi connectivity index (χ0v) is 26.6. The number of nitrogens with zero attached hydrogens (tertiary/aromatic N) is 1. The number of halogens is 1. The molecule has 2 unspecified atom stereocenters. The Balaban J connectivity index is 2.11. The van der Waals surface area contributed by atoms with Crippen LogP contribution in [-0.2, 0) is 14.3 Å². The van der Waals surface area contributed by atoms with Gasteiger partial charge < -0.3 is 25.2 Å². The SMILES string of the molecule is C=C(/C(=C(/C=C/C(C)CC(O)CC(=O)O)N(CC(=O)Nc1ccc(C(=O)OC)cc1)C(C)C)c1ccc(F)cc1)c1ccccc1. The summed E-state index contributed by atoms with van der Waals surface area (Å²) in [5.41, 5.74) is 4.31. The Hall–Kier alpha value is -5.02. The Bertz CT molecular complexity index is 1560. The lowest BCUT2D eigenvalue weighted by molar-refractivity contribution is -0.139. The van der Waals surface area contributed by atoms with Crippen LogP contribution in [0.4, 0.5) is 10.1 Å². The summed E-state index contributed by atoms with van der Waals surface area (Å²) in [5, 5.41) is 22.2. The third-order valence-corrected chi connectivity index (χ3v) is 7.29. The third kappa shape index (κ3) is 10.3. The van der Waals surface area contributed by atoms with Crippen LogP contribution in [0, 0.1) is 11.7 Å². The first-order valence-electron chi connectivity index (χ1n) is 15.0. The van der Waals surface area contributed by atoms with E-state index in [2.05, 4.69) is 11.9 Å². The zero-order chi connectivity index (χ0) is 33.8. The second kappa shape index (κ2) is 16.9. The molecule has 0 saturated carbocycles. The third-order valence-electron chi connectivity index (χ3n) is 7.29. The van der Waals surface area contributed by atoms with Crippen molar-refractivity contribution in [2.45, 2.75) is 45.8 Å². The predicted octanol–water partition coefficient (Wildman–Crippen LogP) is 6.80. The van der Waals surface area contributed by atoms with Crippen LogP contribution in [0.5, 0.6) is 0 Å². The largest absolute Gasteiger partial charge is 0.481 e. The fraction of sp³-hybridized carbons (Fsp3) is 0.270. The first kappa shape index (κ1) is 35.5. The molecule has 9 heteroatoms. The number of nitrogens with one attached hydrogen (secondary N) is 1. The van der Waals surface area contributed by atoms with Gasteiger partial charge in [0.25, 0.3) is 0 Å². The number of allylic oxidation sites excluding steroid dienone is 4. The minimum absolute atomic E-state index is 0.0706. The molecule has 3 aromatic rings. The van der Waals surface area contributed by atoms with Crippen molar-refractivity contribution in [1.82, 2.24) is 4.90 Å². The highest BCUT2D eigenvalue weighted by molar-refractivity contribution is 6.06. The molecule has 0 spiro atoms. The minimum atomic E-state index is -1.08. The second-order valence-electron chi connectivity index (χ2n) is 11.3. The maximum Gasteiger partial charge on any atom is 0.337 e. The summed E-state index contributed by atoms with van der Waals surface area (Å²) in [6, 6.07) is 21.7. The van der Waals surface area contributed by atoms with E-state index in [1.54, 1.807) is 36.4 Å². The number of aliphatic carboxylic acids is 1. The van der Waals surface area contributed by atoms with Crippen molar-refractivity contribution in [1.29, 1.82) is 0 Å². The molecule has 8 nitrogen and oxygen atoms in total. The molecule has 0 aliphatic carbocycles. The quantitative estimate of drug-likeness (QED) is 0.125. The summed E-state index contributed by atoms with van der Waals surface area (Å²) >= 11 is 0. The van der Waals surface area contributed by atoms with Crippen LogP contribution in [0.2, 0.25) is 0 Å². The van der Waals surface area contributed by atoms with Crippen LogP contribution in [0.1, 0.15) is 55.1 Å². The molecule has 0 fully saturated rings. The van der Waals surface area contributed by atoms with Gasteiger partial charge in [-0.25, -0.2) is 9.18 Å². The molecule has 0 radical (unpaired) electrons. The number of carbonyl (C=O) groups excluding carboxylic acids is 2. The molecule has 0 aliphatic rings. The fourth-order valence-electron chi connectivity index (χ4n) is 4.96. The molecule has 0 heterocycles. The summed E-state index contributed by atoms with van der Waals surface area (Å²) in [6.45, 7) is 10.1. The lowest BCUT2D eigenvalue weighted by Crippen LogP contribution is -2.37. The van der Waals surface area contributed by atoms with Gasteiger partial charge in [-0.15, -0.1) is 0 Å². The van der Waals surface area contributed by atoms with E-state index in [0.29, 0.717) is 33.7 Å². The van der Waals surface area contributed by atoms with Crippen LogP contribution in [0.3, 0.4) is 0 Å². The van der Waals surface area contributed by atoms with Crippen LogP contribution in [0.25, 0.3) is 11.1 Å². The Kier molecular flexibility index (Phi) is 13.0. The number of benzene rings is 3. The monoisotopic (exact) mass is 628 g/mol. The maximum atomic E-state index is 14.1. The molecule has 3 N–H and O–H groups in total. The summed E-state index contributed by atoms with van der Waals surface area (Å²) < 4.78 is 18.8. The van der Waals surface area contributed by atoms with E-state index >= 15 is 0 Å². The van der Waals surface area contributed by atoms with Crippen molar-refractivity contribution in [2.75, 3.05) is 19.0 Å². The number of carbonyl (C=O) groups is 3. The van der Waals surface area contributed by atoms with Crippen LogP contribution in [-0.4, -0.2) is 58.8 Å². The van der Waals surface area contributed by atoms with E-state index in [4.69, 9.17) is 9.84 Å². The summed E-state index contributed by atoms with van der Waals surface area (Å²) in [4.78, 5) is 38.3. The van der Waals surface area contributed by atoms with Gasteiger partial charge in [-0.2, -0.15) is 0 Å². The number of hydrogen-bond acceptors (Lipinski definition) is 6. The average Bonchev–Trinajstić information content (AvgIpc) is 3.02. The maximum absolute atomic E-state index is 14.1. The summed E-state index contributed by atoms with van der Waals surface area (Å²) in [5.74, 6) is -2.51. The number of carboxylic acid groups (broad SMARTS) is 1. The molecule has 0 aliphatic heterocycles. The topological polar surface area (TPSA) is 116 Å². The molecule has 1 amide bonds. The highest BCUT2D eigenvalue weighted by Crippen LogP contribution is 2.36. The van der Waals surface area contributed by atoms with Gasteiger partial charge in [0.05, 0.1) is 31.7 Å². The van der Waals surface area contributed by atoms with Gasteiger partial charge >= 0.3 is 11.9 Å². The first-order valence-corrected chi connectivity index (χ1v) is 15.0. The Morgan fingerprint density at radius 2 is 1.54 bits per heavy atom. The molecule has 0 saturated heterocycles. The number of carboxylic acids is 1. The Morgan fingerprint density at radius 3 is 2.11 bits per heavy atom. The Morgan fingerprint density at radius 1 is 0.935 bits per heavy atom. The molecule has 0 aromatic heterocycles. The van der Waals surface area contributed by atoms with Gasteiger partial charge in [-0.1, -0.05) is 62.0 Å². The molecule has 46 heavy (non-hydrogen) atoms. The molecule has 3 aromatic carbocycles.